The van der Waals surface area contributed by atoms with Crippen LogP contribution in [0, 0.1) is 10.1 Å². The van der Waals surface area contributed by atoms with E-state index in [0.717, 1.165) is 6.42 Å². The van der Waals surface area contributed by atoms with E-state index in [9.17, 15) is 10.1 Å². The molecule has 1 rings (SSSR count). The summed E-state index contributed by atoms with van der Waals surface area (Å²) in [6.07, 6.45) is 2.35. The second-order valence-electron chi connectivity index (χ2n) is 3.43. The van der Waals surface area contributed by atoms with E-state index in [0.29, 0.717) is 12.4 Å². The molecule has 0 aliphatic rings. The van der Waals surface area contributed by atoms with Crippen LogP contribution in [0.2, 0.25) is 0 Å². The second kappa shape index (κ2) is 4.77. The molecule has 1 unspecified atom stereocenters. The largest absolute Gasteiger partial charge is 0.360 e. The highest BCUT2D eigenvalue weighted by Gasteiger charge is 2.19. The summed E-state index contributed by atoms with van der Waals surface area (Å²) in [5, 5.41) is 17.9. The summed E-state index contributed by atoms with van der Waals surface area (Å²) in [6.45, 7) is 6.50. The smallest absolute Gasteiger partial charge is 0.330 e. The molecule has 6 heteroatoms. The fourth-order valence-corrected chi connectivity index (χ4v) is 1.14. The fraction of sp³-hybridized carbons (Fsp3) is 0.667. The van der Waals surface area contributed by atoms with Crippen molar-refractivity contribution in [2.75, 3.05) is 5.32 Å². The molecular weight excluding hydrogens is 196 g/mol. The normalized spacial score (nSPS) is 12.5. The van der Waals surface area contributed by atoms with Crippen LogP contribution in [0.4, 0.5) is 11.5 Å². The van der Waals surface area contributed by atoms with Crippen molar-refractivity contribution in [3.63, 3.8) is 0 Å². The first kappa shape index (κ1) is 11.5. The molecule has 0 aromatic carbocycles. The van der Waals surface area contributed by atoms with Crippen molar-refractivity contribution >= 4 is 11.5 Å². The Kier molecular flexibility index (Phi) is 3.65. The number of nitro groups is 1. The van der Waals surface area contributed by atoms with Gasteiger partial charge in [-0.05, 0) is 20.3 Å². The summed E-state index contributed by atoms with van der Waals surface area (Å²) in [6, 6.07) is 0.184. The van der Waals surface area contributed by atoms with Crippen LogP contribution in [0.3, 0.4) is 0 Å². The number of anilines is 1. The van der Waals surface area contributed by atoms with Gasteiger partial charge in [0.15, 0.2) is 0 Å². The lowest BCUT2D eigenvalue weighted by Crippen LogP contribution is -2.14. The van der Waals surface area contributed by atoms with Crippen molar-refractivity contribution < 1.29 is 4.92 Å². The number of rotatable bonds is 5. The Morgan fingerprint density at radius 3 is 2.80 bits per heavy atom. The van der Waals surface area contributed by atoms with E-state index < -0.39 is 4.92 Å². The highest BCUT2D eigenvalue weighted by Crippen LogP contribution is 2.22. The average molecular weight is 212 g/mol. The van der Waals surface area contributed by atoms with Crippen LogP contribution in [0.25, 0.3) is 0 Å². The molecule has 6 nitrogen and oxygen atoms in total. The SMILES string of the molecule is CCC(C)Nc1nn(CC)cc1[N+](=O)[O-]. The predicted octanol–water partition coefficient (Wildman–Crippen LogP) is 2.02. The number of aryl methyl sites for hydroxylation is 1. The van der Waals surface area contributed by atoms with Crippen LogP contribution in [-0.4, -0.2) is 20.7 Å². The number of hydrogen-bond donors (Lipinski definition) is 1. The number of nitrogens with one attached hydrogen (secondary N) is 1. The molecule has 1 atom stereocenters. The minimum atomic E-state index is -0.413. The monoisotopic (exact) mass is 212 g/mol. The van der Waals surface area contributed by atoms with Gasteiger partial charge in [0.05, 0.1) is 4.92 Å². The van der Waals surface area contributed by atoms with E-state index in [-0.39, 0.29) is 11.7 Å². The summed E-state index contributed by atoms with van der Waals surface area (Å²) in [5.74, 6) is 0.358. The maximum atomic E-state index is 10.7. The lowest BCUT2D eigenvalue weighted by molar-refractivity contribution is -0.384. The van der Waals surface area contributed by atoms with Crippen molar-refractivity contribution in [3.05, 3.63) is 16.3 Å². The van der Waals surface area contributed by atoms with E-state index in [2.05, 4.69) is 10.4 Å². The molecule has 0 fully saturated rings. The van der Waals surface area contributed by atoms with Crippen molar-refractivity contribution in [2.45, 2.75) is 39.8 Å². The van der Waals surface area contributed by atoms with Crippen LogP contribution in [0.1, 0.15) is 27.2 Å². The molecule has 1 aromatic heterocycles. The van der Waals surface area contributed by atoms with E-state index in [4.69, 9.17) is 0 Å². The molecule has 0 aliphatic heterocycles. The standard InChI is InChI=1S/C9H16N4O2/c1-4-7(3)10-9-8(13(14)15)6-12(5-2)11-9/h6-7H,4-5H2,1-3H3,(H,10,11). The molecular formula is C9H16N4O2. The van der Waals surface area contributed by atoms with Crippen molar-refractivity contribution in [3.8, 4) is 0 Å². The Bertz CT molecular complexity index is 348. The first-order valence-corrected chi connectivity index (χ1v) is 5.06. The lowest BCUT2D eigenvalue weighted by Gasteiger charge is -2.08. The molecule has 84 valence electrons. The number of hydrogen-bond acceptors (Lipinski definition) is 4. The predicted molar refractivity (Wildman–Crippen MR) is 57.9 cm³/mol. The molecule has 0 aliphatic carbocycles. The van der Waals surface area contributed by atoms with Crippen LogP contribution in [0.15, 0.2) is 6.20 Å². The van der Waals surface area contributed by atoms with Crippen LogP contribution in [-0.2, 0) is 6.54 Å². The zero-order valence-corrected chi connectivity index (χ0v) is 9.23. The van der Waals surface area contributed by atoms with Gasteiger partial charge in [-0.2, -0.15) is 0 Å². The first-order valence-electron chi connectivity index (χ1n) is 5.06. The summed E-state index contributed by atoms with van der Waals surface area (Å²) in [5.41, 5.74) is 0.0390. The highest BCUT2D eigenvalue weighted by atomic mass is 16.6. The van der Waals surface area contributed by atoms with Crippen LogP contribution >= 0.6 is 0 Å². The topological polar surface area (TPSA) is 73.0 Å². The van der Waals surface area contributed by atoms with Gasteiger partial charge in [-0.1, -0.05) is 6.92 Å². The summed E-state index contributed by atoms with van der Waals surface area (Å²) in [4.78, 5) is 10.3. The summed E-state index contributed by atoms with van der Waals surface area (Å²) < 4.78 is 1.56. The molecule has 1 aromatic rings. The maximum absolute atomic E-state index is 10.7. The molecule has 0 radical (unpaired) electrons. The molecule has 1 heterocycles. The van der Waals surface area contributed by atoms with Crippen LogP contribution in [0.5, 0.6) is 0 Å². The van der Waals surface area contributed by atoms with E-state index >= 15 is 0 Å². The second-order valence-corrected chi connectivity index (χ2v) is 3.43. The van der Waals surface area contributed by atoms with Gasteiger partial charge >= 0.3 is 5.69 Å². The van der Waals surface area contributed by atoms with Crippen molar-refractivity contribution in [2.24, 2.45) is 0 Å². The average Bonchev–Trinajstić information content (AvgIpc) is 2.61. The van der Waals surface area contributed by atoms with Gasteiger partial charge in [-0.3, -0.25) is 14.8 Å². The van der Waals surface area contributed by atoms with Crippen LogP contribution < -0.4 is 5.32 Å². The van der Waals surface area contributed by atoms with Crippen molar-refractivity contribution in [1.29, 1.82) is 0 Å². The molecule has 15 heavy (non-hydrogen) atoms. The minimum absolute atomic E-state index is 0.0390. The summed E-state index contributed by atoms with van der Waals surface area (Å²) >= 11 is 0. The fourth-order valence-electron chi connectivity index (χ4n) is 1.14. The minimum Gasteiger partial charge on any atom is -0.360 e. The summed E-state index contributed by atoms with van der Waals surface area (Å²) in [7, 11) is 0. The van der Waals surface area contributed by atoms with E-state index in [1.54, 1.807) is 4.68 Å². The zero-order chi connectivity index (χ0) is 11.4. The van der Waals surface area contributed by atoms with E-state index in [1.165, 1.54) is 6.20 Å². The Labute approximate surface area is 88.4 Å². The van der Waals surface area contributed by atoms with E-state index in [1.807, 2.05) is 20.8 Å². The Hall–Kier alpha value is -1.59. The quantitative estimate of drug-likeness (QED) is 0.598. The Balaban J connectivity index is 2.93. The van der Waals surface area contributed by atoms with Gasteiger partial charge in [0.25, 0.3) is 0 Å². The third kappa shape index (κ3) is 2.68. The number of nitrogens with zero attached hydrogens (tertiary/aromatic N) is 3. The van der Waals surface area contributed by atoms with Gasteiger partial charge in [-0.25, -0.2) is 0 Å². The third-order valence-corrected chi connectivity index (χ3v) is 2.26. The maximum Gasteiger partial charge on any atom is 0.330 e. The molecule has 1 N–H and O–H groups in total. The van der Waals surface area contributed by atoms with Gasteiger partial charge in [0.2, 0.25) is 5.82 Å². The Morgan fingerprint density at radius 1 is 1.67 bits per heavy atom. The Morgan fingerprint density at radius 2 is 2.33 bits per heavy atom. The van der Waals surface area contributed by atoms with Gasteiger partial charge in [0.1, 0.15) is 6.20 Å². The van der Waals surface area contributed by atoms with Gasteiger partial charge in [0, 0.05) is 12.6 Å². The lowest BCUT2D eigenvalue weighted by atomic mass is 10.2. The molecule has 0 amide bonds. The van der Waals surface area contributed by atoms with Crippen molar-refractivity contribution in [1.82, 2.24) is 9.78 Å². The first-order chi connectivity index (χ1) is 7.08. The molecule has 0 saturated carbocycles. The van der Waals surface area contributed by atoms with Gasteiger partial charge < -0.3 is 5.32 Å². The molecule has 0 bridgehead atoms. The molecule has 0 saturated heterocycles. The zero-order valence-electron chi connectivity index (χ0n) is 9.23. The third-order valence-electron chi connectivity index (χ3n) is 2.26. The molecule has 0 spiro atoms. The van der Waals surface area contributed by atoms with Gasteiger partial charge in [-0.15, -0.1) is 5.10 Å². The highest BCUT2D eigenvalue weighted by molar-refractivity contribution is 5.54. The number of aromatic nitrogens is 2.